The summed E-state index contributed by atoms with van der Waals surface area (Å²) in [5.41, 5.74) is 13.9. The first-order chi connectivity index (χ1) is 7.88. The number of rotatable bonds is 4. The smallest absolute Gasteiger partial charge is 0.322 e. The minimum Gasteiger partial charge on any atom is -0.496 e. The molecule has 1 rings (SSSR count). The second kappa shape index (κ2) is 5.16. The molecule has 2 atom stereocenters. The van der Waals surface area contributed by atoms with E-state index < -0.39 is 18.1 Å². The average molecular weight is 238 g/mol. The van der Waals surface area contributed by atoms with Gasteiger partial charge in [0.15, 0.2) is 0 Å². The Morgan fingerprint density at radius 3 is 2.35 bits per heavy atom. The lowest BCUT2D eigenvalue weighted by Crippen LogP contribution is -2.41. The molecular weight excluding hydrogens is 220 g/mol. The summed E-state index contributed by atoms with van der Waals surface area (Å²) >= 11 is 0. The fraction of sp³-hybridized carbons (Fsp3) is 0.417. The van der Waals surface area contributed by atoms with E-state index in [2.05, 4.69) is 0 Å². The van der Waals surface area contributed by atoms with E-state index in [-0.39, 0.29) is 0 Å². The second-order valence-electron chi connectivity index (χ2n) is 4.07. The van der Waals surface area contributed by atoms with Crippen molar-refractivity contribution in [3.05, 3.63) is 28.8 Å². The minimum absolute atomic E-state index is 0.725. The van der Waals surface area contributed by atoms with Crippen molar-refractivity contribution in [2.75, 3.05) is 7.11 Å². The Morgan fingerprint density at radius 2 is 1.88 bits per heavy atom. The maximum absolute atomic E-state index is 10.8. The van der Waals surface area contributed by atoms with Gasteiger partial charge in [-0.2, -0.15) is 0 Å². The standard InChI is InChI=1S/C12H18N2O3/c1-6-5-9(17-3)7(2)4-8(6)10(13)11(14)12(15)16/h4-5,10-11H,13-14H2,1-3H3,(H,15,16). The maximum Gasteiger partial charge on any atom is 0.322 e. The lowest BCUT2D eigenvalue weighted by molar-refractivity contribution is -0.139. The largest absolute Gasteiger partial charge is 0.496 e. The SMILES string of the molecule is COc1cc(C)c(C(N)C(N)C(=O)O)cc1C. The molecule has 17 heavy (non-hydrogen) atoms. The monoisotopic (exact) mass is 238 g/mol. The number of methoxy groups -OCH3 is 1. The van der Waals surface area contributed by atoms with E-state index in [4.69, 9.17) is 21.3 Å². The predicted molar refractivity (Wildman–Crippen MR) is 65.0 cm³/mol. The number of carbonyl (C=O) groups is 1. The van der Waals surface area contributed by atoms with E-state index in [0.29, 0.717) is 0 Å². The number of aliphatic carboxylic acids is 1. The second-order valence-corrected chi connectivity index (χ2v) is 4.07. The highest BCUT2D eigenvalue weighted by molar-refractivity contribution is 5.74. The molecule has 0 aliphatic rings. The summed E-state index contributed by atoms with van der Waals surface area (Å²) < 4.78 is 5.18. The van der Waals surface area contributed by atoms with Gasteiger partial charge in [-0.1, -0.05) is 6.07 Å². The molecule has 1 aromatic rings. The molecule has 0 saturated heterocycles. The molecule has 0 saturated carbocycles. The van der Waals surface area contributed by atoms with Crippen molar-refractivity contribution in [2.45, 2.75) is 25.9 Å². The van der Waals surface area contributed by atoms with Crippen LogP contribution in [0.3, 0.4) is 0 Å². The molecule has 0 bridgehead atoms. The molecule has 0 fully saturated rings. The molecule has 0 aliphatic carbocycles. The average Bonchev–Trinajstić information content (AvgIpc) is 2.29. The van der Waals surface area contributed by atoms with E-state index in [0.717, 1.165) is 22.4 Å². The van der Waals surface area contributed by atoms with Crippen LogP contribution in [-0.2, 0) is 4.79 Å². The third-order valence-corrected chi connectivity index (χ3v) is 2.81. The van der Waals surface area contributed by atoms with Gasteiger partial charge in [-0.05, 0) is 36.6 Å². The molecule has 0 radical (unpaired) electrons. The van der Waals surface area contributed by atoms with E-state index in [1.807, 2.05) is 26.0 Å². The summed E-state index contributed by atoms with van der Waals surface area (Å²) in [4.78, 5) is 10.8. The van der Waals surface area contributed by atoms with Gasteiger partial charge in [0.2, 0.25) is 0 Å². The summed E-state index contributed by atoms with van der Waals surface area (Å²) in [6.07, 6.45) is 0. The highest BCUT2D eigenvalue weighted by Gasteiger charge is 2.24. The molecule has 0 spiro atoms. The zero-order valence-corrected chi connectivity index (χ0v) is 10.2. The lowest BCUT2D eigenvalue weighted by Gasteiger charge is -2.20. The highest BCUT2D eigenvalue weighted by Crippen LogP contribution is 2.26. The number of hydrogen-bond acceptors (Lipinski definition) is 4. The van der Waals surface area contributed by atoms with Crippen molar-refractivity contribution >= 4 is 5.97 Å². The fourth-order valence-corrected chi connectivity index (χ4v) is 1.74. The lowest BCUT2D eigenvalue weighted by atomic mass is 9.94. The van der Waals surface area contributed by atoms with Crippen LogP contribution in [-0.4, -0.2) is 24.2 Å². The van der Waals surface area contributed by atoms with Crippen LogP contribution < -0.4 is 16.2 Å². The summed E-state index contributed by atoms with van der Waals surface area (Å²) in [6, 6.07) is 1.82. The summed E-state index contributed by atoms with van der Waals surface area (Å²) in [7, 11) is 1.59. The molecular formula is C12H18N2O3. The van der Waals surface area contributed by atoms with Crippen LogP contribution in [0.25, 0.3) is 0 Å². The topological polar surface area (TPSA) is 98.6 Å². The maximum atomic E-state index is 10.8. The Morgan fingerprint density at radius 1 is 1.29 bits per heavy atom. The van der Waals surface area contributed by atoms with Gasteiger partial charge in [0.25, 0.3) is 0 Å². The van der Waals surface area contributed by atoms with Gasteiger partial charge in [-0.25, -0.2) is 0 Å². The van der Waals surface area contributed by atoms with Crippen LogP contribution in [0.5, 0.6) is 5.75 Å². The molecule has 1 aromatic carbocycles. The van der Waals surface area contributed by atoms with Crippen molar-refractivity contribution in [3.8, 4) is 5.75 Å². The zero-order chi connectivity index (χ0) is 13.2. The number of hydrogen-bond donors (Lipinski definition) is 3. The Labute approximate surface area is 100 Å². The number of ether oxygens (including phenoxy) is 1. The van der Waals surface area contributed by atoms with Crippen molar-refractivity contribution in [1.82, 2.24) is 0 Å². The number of carboxylic acid groups (broad SMARTS) is 1. The molecule has 0 aromatic heterocycles. The van der Waals surface area contributed by atoms with Crippen molar-refractivity contribution in [1.29, 1.82) is 0 Å². The first kappa shape index (κ1) is 13.5. The van der Waals surface area contributed by atoms with Gasteiger partial charge in [0.1, 0.15) is 11.8 Å². The van der Waals surface area contributed by atoms with Gasteiger partial charge in [-0.3, -0.25) is 4.79 Å². The highest BCUT2D eigenvalue weighted by atomic mass is 16.5. The molecule has 94 valence electrons. The molecule has 0 amide bonds. The summed E-state index contributed by atoms with van der Waals surface area (Å²) in [5, 5.41) is 8.84. The Bertz CT molecular complexity index is 432. The van der Waals surface area contributed by atoms with E-state index in [9.17, 15) is 4.79 Å². The Kier molecular flexibility index (Phi) is 4.09. The Hall–Kier alpha value is -1.59. The van der Waals surface area contributed by atoms with Crippen LogP contribution in [0.1, 0.15) is 22.7 Å². The van der Waals surface area contributed by atoms with Crippen LogP contribution in [0, 0.1) is 13.8 Å². The first-order valence-electron chi connectivity index (χ1n) is 5.27. The third-order valence-electron chi connectivity index (χ3n) is 2.81. The summed E-state index contributed by atoms with van der Waals surface area (Å²) in [5.74, 6) is -0.354. The molecule has 5 heteroatoms. The van der Waals surface area contributed by atoms with Gasteiger partial charge >= 0.3 is 5.97 Å². The van der Waals surface area contributed by atoms with E-state index >= 15 is 0 Å². The molecule has 0 heterocycles. The predicted octanol–water partition coefficient (Wildman–Crippen LogP) is 0.724. The van der Waals surface area contributed by atoms with E-state index in [1.54, 1.807) is 7.11 Å². The molecule has 0 aliphatic heterocycles. The van der Waals surface area contributed by atoms with Crippen LogP contribution in [0.2, 0.25) is 0 Å². The minimum atomic E-state index is -1.11. The van der Waals surface area contributed by atoms with Gasteiger partial charge in [0, 0.05) is 0 Å². The van der Waals surface area contributed by atoms with Gasteiger partial charge in [-0.15, -0.1) is 0 Å². The Balaban J connectivity index is 3.14. The van der Waals surface area contributed by atoms with Crippen molar-refractivity contribution in [3.63, 3.8) is 0 Å². The number of nitrogens with two attached hydrogens (primary N) is 2. The number of aryl methyl sites for hydroxylation is 2. The quantitative estimate of drug-likeness (QED) is 0.718. The number of benzene rings is 1. The fourth-order valence-electron chi connectivity index (χ4n) is 1.74. The first-order valence-corrected chi connectivity index (χ1v) is 5.27. The number of carboxylic acids is 1. The van der Waals surface area contributed by atoms with Gasteiger partial charge in [0.05, 0.1) is 13.2 Å². The third kappa shape index (κ3) is 2.75. The van der Waals surface area contributed by atoms with Crippen molar-refractivity contribution < 1.29 is 14.6 Å². The molecule has 2 unspecified atom stereocenters. The zero-order valence-electron chi connectivity index (χ0n) is 10.2. The summed E-state index contributed by atoms with van der Waals surface area (Å²) in [6.45, 7) is 3.73. The van der Waals surface area contributed by atoms with Crippen LogP contribution >= 0.6 is 0 Å². The normalized spacial score (nSPS) is 14.2. The molecule has 5 N–H and O–H groups in total. The molecule has 5 nitrogen and oxygen atoms in total. The van der Waals surface area contributed by atoms with Gasteiger partial charge < -0.3 is 21.3 Å². The van der Waals surface area contributed by atoms with Crippen molar-refractivity contribution in [2.24, 2.45) is 11.5 Å². The van der Waals surface area contributed by atoms with E-state index in [1.165, 1.54) is 0 Å². The van der Waals surface area contributed by atoms with Crippen LogP contribution in [0.4, 0.5) is 0 Å². The van der Waals surface area contributed by atoms with Crippen LogP contribution in [0.15, 0.2) is 12.1 Å².